The van der Waals surface area contributed by atoms with Crippen LogP contribution in [0.25, 0.3) is 5.57 Å². The number of hydrogen-bond donors (Lipinski definition) is 1. The first kappa shape index (κ1) is 25.1. The van der Waals surface area contributed by atoms with Crippen LogP contribution in [0.2, 0.25) is 0 Å². The summed E-state index contributed by atoms with van der Waals surface area (Å²) in [4.78, 5) is 2.20. The van der Waals surface area contributed by atoms with Crippen molar-refractivity contribution in [1.82, 2.24) is 4.90 Å². The molecule has 1 atom stereocenters. The van der Waals surface area contributed by atoms with Gasteiger partial charge in [0.25, 0.3) is 0 Å². The van der Waals surface area contributed by atoms with Crippen LogP contribution in [0.5, 0.6) is 17.2 Å². The van der Waals surface area contributed by atoms with Gasteiger partial charge in [-0.15, -0.1) is 0 Å². The molecule has 36 heavy (non-hydrogen) atoms. The number of phenols is 1. The van der Waals surface area contributed by atoms with Gasteiger partial charge in [0.15, 0.2) is 0 Å². The third kappa shape index (κ3) is 4.62. The predicted molar refractivity (Wildman–Crippen MR) is 138 cm³/mol. The molecule has 0 saturated carbocycles. The maximum absolute atomic E-state index is 12.6. The molecular formula is C28H35BFNO5. The van der Waals surface area contributed by atoms with Crippen molar-refractivity contribution in [3.05, 3.63) is 59.1 Å². The Bertz CT molecular complexity index is 1130. The molecule has 0 amide bonds. The van der Waals surface area contributed by atoms with E-state index in [0.717, 1.165) is 47.6 Å². The Morgan fingerprint density at radius 3 is 2.36 bits per heavy atom. The van der Waals surface area contributed by atoms with Crippen molar-refractivity contribution in [3.8, 4) is 17.2 Å². The van der Waals surface area contributed by atoms with Crippen LogP contribution in [-0.2, 0) is 9.31 Å². The van der Waals surface area contributed by atoms with Gasteiger partial charge in [-0.1, -0.05) is 12.1 Å². The van der Waals surface area contributed by atoms with Gasteiger partial charge < -0.3 is 23.9 Å². The summed E-state index contributed by atoms with van der Waals surface area (Å²) in [6, 6.07) is 13.1. The van der Waals surface area contributed by atoms with Gasteiger partial charge in [-0.25, -0.2) is 0 Å². The number of likely N-dealkylation sites (tertiary alicyclic amines) is 1. The first-order valence-electron chi connectivity index (χ1n) is 12.7. The van der Waals surface area contributed by atoms with E-state index in [1.54, 1.807) is 18.2 Å². The Hall–Kier alpha value is -2.55. The summed E-state index contributed by atoms with van der Waals surface area (Å²) in [6.07, 6.45) is -0.412. The van der Waals surface area contributed by atoms with Crippen LogP contribution >= 0.6 is 0 Å². The summed E-state index contributed by atoms with van der Waals surface area (Å²) in [5.74, 6) is 1.85. The maximum Gasteiger partial charge on any atom is 0.495 e. The minimum atomic E-state index is -0.587. The molecular weight excluding hydrogens is 460 g/mol. The molecule has 5 rings (SSSR count). The SMILES string of the molecule is CC1=C(B2OC(C)(C)C(C)(C)O2)C(c2ccc(OCCN3CC(CF)C3)cc2)Oc2ccc(O)cc21. The monoisotopic (exact) mass is 495 g/mol. The second-order valence-corrected chi connectivity index (χ2v) is 11.0. The van der Waals surface area contributed by atoms with E-state index in [-0.39, 0.29) is 18.3 Å². The lowest BCUT2D eigenvalue weighted by Gasteiger charge is -2.37. The summed E-state index contributed by atoms with van der Waals surface area (Å²) in [7, 11) is -0.587. The quantitative estimate of drug-likeness (QED) is 0.533. The van der Waals surface area contributed by atoms with Crippen molar-refractivity contribution >= 4 is 12.7 Å². The van der Waals surface area contributed by atoms with Gasteiger partial charge in [0.05, 0.1) is 17.9 Å². The van der Waals surface area contributed by atoms with Crippen molar-refractivity contribution in [1.29, 1.82) is 0 Å². The third-order valence-corrected chi connectivity index (χ3v) is 7.94. The molecule has 1 N–H and O–H groups in total. The molecule has 2 fully saturated rings. The second kappa shape index (κ2) is 9.40. The Balaban J connectivity index is 1.37. The van der Waals surface area contributed by atoms with Gasteiger partial charge in [0, 0.05) is 36.6 Å². The smallest absolute Gasteiger partial charge is 0.495 e. The zero-order valence-corrected chi connectivity index (χ0v) is 21.7. The molecule has 0 aromatic heterocycles. The number of phenolic OH excluding ortho intramolecular Hbond substituents is 1. The van der Waals surface area contributed by atoms with E-state index < -0.39 is 24.4 Å². The number of hydrogen-bond acceptors (Lipinski definition) is 6. The first-order valence-corrected chi connectivity index (χ1v) is 12.7. The van der Waals surface area contributed by atoms with Gasteiger partial charge in [-0.3, -0.25) is 9.29 Å². The zero-order chi connectivity index (χ0) is 25.7. The molecule has 3 heterocycles. The van der Waals surface area contributed by atoms with Crippen molar-refractivity contribution in [2.75, 3.05) is 32.9 Å². The summed E-state index contributed by atoms with van der Waals surface area (Å²) >= 11 is 0. The molecule has 2 aromatic rings. The van der Waals surface area contributed by atoms with Crippen LogP contribution in [0, 0.1) is 5.92 Å². The van der Waals surface area contributed by atoms with E-state index in [9.17, 15) is 9.50 Å². The number of rotatable bonds is 7. The fourth-order valence-corrected chi connectivity index (χ4v) is 4.96. The van der Waals surface area contributed by atoms with Crippen LogP contribution in [0.1, 0.15) is 51.8 Å². The van der Waals surface area contributed by atoms with Crippen molar-refractivity contribution in [3.63, 3.8) is 0 Å². The number of nitrogens with zero attached hydrogens (tertiary/aromatic N) is 1. The summed E-state index contributed by atoms with van der Waals surface area (Å²) in [5, 5.41) is 10.1. The highest BCUT2D eigenvalue weighted by Gasteiger charge is 2.55. The van der Waals surface area contributed by atoms with Gasteiger partial charge >= 0.3 is 7.12 Å². The molecule has 1 unspecified atom stereocenters. The number of ether oxygens (including phenoxy) is 2. The minimum absolute atomic E-state index is 0.184. The molecule has 3 aliphatic heterocycles. The normalized spacial score (nSPS) is 23.3. The lowest BCUT2D eigenvalue weighted by Crippen LogP contribution is -2.49. The lowest BCUT2D eigenvalue weighted by atomic mass is 9.68. The van der Waals surface area contributed by atoms with Gasteiger partial charge in [-0.2, -0.15) is 0 Å². The molecule has 3 aliphatic rings. The Labute approximate surface area is 213 Å². The third-order valence-electron chi connectivity index (χ3n) is 7.94. The van der Waals surface area contributed by atoms with E-state index in [2.05, 4.69) is 4.90 Å². The molecule has 0 spiro atoms. The Morgan fingerprint density at radius 1 is 1.06 bits per heavy atom. The fraction of sp³-hybridized carbons (Fsp3) is 0.500. The molecule has 8 heteroatoms. The van der Waals surface area contributed by atoms with Gasteiger partial charge in [-0.05, 0) is 76.1 Å². The number of halogens is 1. The van der Waals surface area contributed by atoms with Crippen LogP contribution in [0.3, 0.4) is 0 Å². The molecule has 6 nitrogen and oxygen atoms in total. The van der Waals surface area contributed by atoms with Crippen molar-refractivity contribution < 1.29 is 28.3 Å². The summed E-state index contributed by atoms with van der Waals surface area (Å²) in [5.41, 5.74) is 2.66. The number of fused-ring (bicyclic) bond motifs is 1. The van der Waals surface area contributed by atoms with E-state index in [1.165, 1.54) is 0 Å². The number of benzene rings is 2. The van der Waals surface area contributed by atoms with E-state index in [4.69, 9.17) is 18.8 Å². The first-order chi connectivity index (χ1) is 17.1. The average molecular weight is 495 g/mol. The van der Waals surface area contributed by atoms with Crippen LogP contribution in [0.4, 0.5) is 4.39 Å². The zero-order valence-electron chi connectivity index (χ0n) is 21.7. The minimum Gasteiger partial charge on any atom is -0.508 e. The molecule has 2 saturated heterocycles. The molecule has 0 aliphatic carbocycles. The average Bonchev–Trinajstić information content (AvgIpc) is 3.02. The van der Waals surface area contributed by atoms with E-state index in [1.807, 2.05) is 58.9 Å². The fourth-order valence-electron chi connectivity index (χ4n) is 4.96. The molecule has 2 aromatic carbocycles. The summed E-state index contributed by atoms with van der Waals surface area (Å²) in [6.45, 7) is 12.9. The highest BCUT2D eigenvalue weighted by molar-refractivity contribution is 6.56. The Morgan fingerprint density at radius 2 is 1.72 bits per heavy atom. The Kier molecular flexibility index (Phi) is 6.56. The number of allylic oxidation sites excluding steroid dienone is 1. The highest BCUT2D eigenvalue weighted by atomic mass is 19.1. The molecule has 0 bridgehead atoms. The number of aromatic hydroxyl groups is 1. The van der Waals surface area contributed by atoms with Gasteiger partial charge in [0.1, 0.15) is 30.0 Å². The highest BCUT2D eigenvalue weighted by Crippen LogP contribution is 2.48. The second-order valence-electron chi connectivity index (χ2n) is 11.0. The maximum atomic E-state index is 12.6. The van der Waals surface area contributed by atoms with E-state index in [0.29, 0.717) is 12.4 Å². The lowest BCUT2D eigenvalue weighted by molar-refractivity contribution is 0.00578. The van der Waals surface area contributed by atoms with Gasteiger partial charge in [0.2, 0.25) is 0 Å². The molecule has 0 radical (unpaired) electrons. The molecule has 192 valence electrons. The largest absolute Gasteiger partial charge is 0.508 e. The van der Waals surface area contributed by atoms with Crippen LogP contribution in [0.15, 0.2) is 47.9 Å². The van der Waals surface area contributed by atoms with Crippen molar-refractivity contribution in [2.24, 2.45) is 5.92 Å². The van der Waals surface area contributed by atoms with Crippen molar-refractivity contribution in [2.45, 2.75) is 51.9 Å². The standard InChI is InChI=1S/C28H35BFNO5/c1-18-23-14-21(32)8-11-24(23)34-26(25(18)29-35-27(2,3)28(4,5)36-29)20-6-9-22(10-7-20)33-13-12-31-16-19(15-30)17-31/h6-11,14,19,26,32H,12-13,15-17H2,1-5H3. The number of alkyl halides is 1. The van der Waals surface area contributed by atoms with E-state index >= 15 is 0 Å². The summed E-state index contributed by atoms with van der Waals surface area (Å²) < 4.78 is 37.9. The predicted octanol–water partition coefficient (Wildman–Crippen LogP) is 5.21. The van der Waals surface area contributed by atoms with Crippen LogP contribution in [-0.4, -0.2) is 61.2 Å². The topological polar surface area (TPSA) is 60.4 Å². The van der Waals surface area contributed by atoms with Crippen LogP contribution < -0.4 is 9.47 Å².